The third-order valence-electron chi connectivity index (χ3n) is 0.179. The van der Waals surface area contributed by atoms with Gasteiger partial charge in [0.25, 0.3) is 0 Å². The summed E-state index contributed by atoms with van der Waals surface area (Å²) in [5.41, 5.74) is 0. The summed E-state index contributed by atoms with van der Waals surface area (Å²) in [6.45, 7) is -1.73. The summed E-state index contributed by atoms with van der Waals surface area (Å²) in [4.78, 5) is 0. The van der Waals surface area contributed by atoms with Crippen LogP contribution in [0.4, 0.5) is 13.2 Å². The fourth-order valence-corrected chi connectivity index (χ4v) is 0. The van der Waals surface area contributed by atoms with Crippen LogP contribution < -0.4 is 0 Å². The Morgan fingerprint density at radius 2 is 1.44 bits per heavy atom. The number of aliphatic hydroxyl groups excluding tert-OH is 1. The van der Waals surface area contributed by atoms with E-state index in [2.05, 4.69) is 0 Å². The van der Waals surface area contributed by atoms with Gasteiger partial charge in [0.1, 0.15) is 6.61 Å². The maximum atomic E-state index is 10.5. The van der Waals surface area contributed by atoms with Gasteiger partial charge in [0, 0.05) is 0 Å². The van der Waals surface area contributed by atoms with Crippen molar-refractivity contribution < 1.29 is 33.4 Å². The summed E-state index contributed by atoms with van der Waals surface area (Å²) >= 11 is -0.931. The van der Waals surface area contributed by atoms with Gasteiger partial charge in [0.2, 0.25) is 0 Å². The molecule has 54 valence electrons. The van der Waals surface area contributed by atoms with E-state index in [0.29, 0.717) is 0 Å². The van der Waals surface area contributed by atoms with E-state index in [0.717, 1.165) is 0 Å². The van der Waals surface area contributed by atoms with Crippen molar-refractivity contribution in [2.45, 2.75) is 6.18 Å². The van der Waals surface area contributed by atoms with E-state index in [1.54, 1.807) is 0 Å². The van der Waals surface area contributed by atoms with Crippen molar-refractivity contribution in [1.82, 2.24) is 0 Å². The molecule has 7 heteroatoms. The average molecular weight is 236 g/mol. The van der Waals surface area contributed by atoms with Crippen LogP contribution in [0.3, 0.4) is 0 Å². The van der Waals surface area contributed by atoms with Gasteiger partial charge >= 0.3 is 40.7 Å². The Morgan fingerprint density at radius 1 is 1.33 bits per heavy atom. The van der Waals surface area contributed by atoms with Gasteiger partial charge in [0.15, 0.2) is 0 Å². The molecule has 0 saturated carbocycles. The Kier molecular flexibility index (Phi) is 9.90. The molecule has 0 radical (unpaired) electrons. The monoisotopic (exact) mass is 234 g/mol. The third-order valence-corrected chi connectivity index (χ3v) is 0.179. The standard InChI is InChI=1S/C2H3F3O.2ClH.Zn/c3-2(4,5)1-6;;;/h6H,1H2;2*1H;/q;;;+2/p-2. The zero-order chi connectivity index (χ0) is 7.91. The Morgan fingerprint density at radius 3 is 1.44 bits per heavy atom. The normalized spacial score (nSPS) is 9.11. The van der Waals surface area contributed by atoms with E-state index in [4.69, 9.17) is 24.5 Å². The van der Waals surface area contributed by atoms with E-state index in [1.807, 2.05) is 0 Å². The second kappa shape index (κ2) is 7.07. The van der Waals surface area contributed by atoms with Crippen LogP contribution in [0.5, 0.6) is 0 Å². The fraction of sp³-hybridized carbons (Fsp3) is 1.00. The van der Waals surface area contributed by atoms with E-state index in [1.165, 1.54) is 0 Å². The van der Waals surface area contributed by atoms with Gasteiger partial charge in [-0.05, 0) is 0 Å². The number of aliphatic hydroxyl groups is 1. The van der Waals surface area contributed by atoms with Crippen molar-refractivity contribution in [3.8, 4) is 0 Å². The second-order valence-corrected chi connectivity index (χ2v) is 5.50. The molecule has 0 aliphatic heterocycles. The number of hydrogen-bond donors (Lipinski definition) is 1. The van der Waals surface area contributed by atoms with Crippen LogP contribution >= 0.6 is 19.4 Å². The predicted molar refractivity (Wildman–Crippen MR) is 24.8 cm³/mol. The molecule has 0 fully saturated rings. The van der Waals surface area contributed by atoms with E-state index >= 15 is 0 Å². The first-order valence-corrected chi connectivity index (χ1v) is 9.57. The number of hydrogen-bond acceptors (Lipinski definition) is 1. The molecular weight excluding hydrogens is 233 g/mol. The Hall–Kier alpha value is 0.953. The molecule has 0 saturated heterocycles. The van der Waals surface area contributed by atoms with Crippen molar-refractivity contribution in [2.75, 3.05) is 6.61 Å². The molecular formula is C2H3Cl2F3OZn. The van der Waals surface area contributed by atoms with Crippen LogP contribution in [0.1, 0.15) is 0 Å². The number of halogens is 5. The molecule has 0 bridgehead atoms. The Balaban J connectivity index is 0. The summed E-state index contributed by atoms with van der Waals surface area (Å²) < 4.78 is 31.6. The van der Waals surface area contributed by atoms with Crippen molar-refractivity contribution in [2.24, 2.45) is 0 Å². The molecule has 0 aliphatic rings. The summed E-state index contributed by atoms with van der Waals surface area (Å²) in [6.07, 6.45) is -4.40. The van der Waals surface area contributed by atoms with Gasteiger partial charge in [0.05, 0.1) is 0 Å². The second-order valence-electron chi connectivity index (χ2n) is 0.874. The van der Waals surface area contributed by atoms with E-state index < -0.39 is 27.9 Å². The molecule has 0 aromatic rings. The first kappa shape index (κ1) is 12.6. The summed E-state index contributed by atoms with van der Waals surface area (Å²) in [7, 11) is 9.90. The Labute approximate surface area is 65.8 Å². The van der Waals surface area contributed by atoms with Gasteiger partial charge in [-0.2, -0.15) is 13.2 Å². The maximum absolute atomic E-state index is 10.5. The first-order chi connectivity index (χ1) is 3.97. The summed E-state index contributed by atoms with van der Waals surface area (Å²) in [5.74, 6) is 0. The molecule has 0 unspecified atom stereocenters. The van der Waals surface area contributed by atoms with Crippen LogP contribution in [0, 0.1) is 0 Å². The van der Waals surface area contributed by atoms with E-state index in [9.17, 15) is 13.2 Å². The molecule has 0 aromatic carbocycles. The van der Waals surface area contributed by atoms with Crippen LogP contribution in [-0.4, -0.2) is 17.9 Å². The molecule has 0 spiro atoms. The third kappa shape index (κ3) is 27.7. The molecule has 1 nitrogen and oxygen atoms in total. The summed E-state index contributed by atoms with van der Waals surface area (Å²) in [5, 5.41) is 7.28. The Bertz CT molecular complexity index is 58.3. The van der Waals surface area contributed by atoms with Crippen LogP contribution in [0.15, 0.2) is 0 Å². The molecule has 0 rings (SSSR count). The molecule has 0 atom stereocenters. The zero-order valence-corrected chi connectivity index (χ0v) is 8.73. The topological polar surface area (TPSA) is 20.2 Å². The van der Waals surface area contributed by atoms with Crippen LogP contribution in [-0.2, 0) is 15.1 Å². The summed E-state index contributed by atoms with van der Waals surface area (Å²) in [6, 6.07) is 0. The van der Waals surface area contributed by atoms with Crippen molar-refractivity contribution >= 4 is 19.4 Å². The number of rotatable bonds is 0. The van der Waals surface area contributed by atoms with Gasteiger partial charge < -0.3 is 5.11 Å². The first-order valence-electron chi connectivity index (χ1n) is 1.77. The molecule has 0 aromatic heterocycles. The van der Waals surface area contributed by atoms with Crippen molar-refractivity contribution in [1.29, 1.82) is 0 Å². The fourth-order valence-electron chi connectivity index (χ4n) is 0. The van der Waals surface area contributed by atoms with Crippen LogP contribution in [0.25, 0.3) is 0 Å². The van der Waals surface area contributed by atoms with E-state index in [-0.39, 0.29) is 0 Å². The quantitative estimate of drug-likeness (QED) is 0.637. The molecule has 0 heterocycles. The number of alkyl halides is 3. The molecule has 0 amide bonds. The van der Waals surface area contributed by atoms with Gasteiger partial charge in [-0.1, -0.05) is 0 Å². The van der Waals surface area contributed by atoms with Gasteiger partial charge in [-0.3, -0.25) is 0 Å². The predicted octanol–water partition coefficient (Wildman–Crippen LogP) is 1.92. The average Bonchev–Trinajstić information content (AvgIpc) is 1.67. The molecule has 1 N–H and O–H groups in total. The molecule has 0 aliphatic carbocycles. The zero-order valence-electron chi connectivity index (χ0n) is 4.25. The van der Waals surface area contributed by atoms with Crippen molar-refractivity contribution in [3.05, 3.63) is 0 Å². The SMILES string of the molecule is OCC(F)(F)F.[Cl][Zn][Cl]. The van der Waals surface area contributed by atoms with Crippen LogP contribution in [0.2, 0.25) is 0 Å². The van der Waals surface area contributed by atoms with Crippen molar-refractivity contribution in [3.63, 3.8) is 0 Å². The minimum atomic E-state index is -4.40. The van der Waals surface area contributed by atoms with Gasteiger partial charge in [-0.15, -0.1) is 0 Å². The van der Waals surface area contributed by atoms with Gasteiger partial charge in [-0.25, -0.2) is 0 Å². The minimum absolute atomic E-state index is 0.931. The molecule has 9 heavy (non-hydrogen) atoms.